The van der Waals surface area contributed by atoms with Crippen molar-refractivity contribution in [3.63, 3.8) is 0 Å². The molecule has 0 saturated carbocycles. The molecular formula is C15H16N4O8. The summed E-state index contributed by atoms with van der Waals surface area (Å²) in [7, 11) is 3.78. The van der Waals surface area contributed by atoms with Crippen LogP contribution in [0.2, 0.25) is 0 Å². The van der Waals surface area contributed by atoms with Crippen LogP contribution in [-0.4, -0.2) is 53.7 Å². The van der Waals surface area contributed by atoms with Crippen molar-refractivity contribution in [1.29, 1.82) is 0 Å². The molecule has 0 radical (unpaired) electrons. The van der Waals surface area contributed by atoms with Crippen molar-refractivity contribution in [2.75, 3.05) is 21.3 Å². The third-order valence-electron chi connectivity index (χ3n) is 3.77. The lowest BCUT2D eigenvalue weighted by molar-refractivity contribution is -0.384. The van der Waals surface area contributed by atoms with E-state index < -0.39 is 28.7 Å². The van der Waals surface area contributed by atoms with Gasteiger partial charge in [-0.15, -0.1) is 0 Å². The lowest BCUT2D eigenvalue weighted by atomic mass is 9.96. The number of amides is 1. The zero-order valence-corrected chi connectivity index (χ0v) is 14.6. The Balaban J connectivity index is 2.94. The number of nitrogens with zero attached hydrogens (tertiary/aromatic N) is 3. The van der Waals surface area contributed by atoms with Crippen molar-refractivity contribution in [2.24, 2.45) is 0 Å². The Hall–Kier alpha value is -3.54. The Labute approximate surface area is 152 Å². The minimum atomic E-state index is -1.92. The number of ether oxygens (including phenoxy) is 3. The molecule has 1 atom stereocenters. The predicted molar refractivity (Wildman–Crippen MR) is 89.4 cm³/mol. The standard InChI is InChI=1S/C15H16N4O8/c1-25-13-14(26-2)18-12-9(4-8(19(23)24)5-10(12)17-13)15(27-3,16-7-20)6-11(21)22/h4-5,7H,6H2,1-3H3,(H,16,20)(H,21,22). The monoisotopic (exact) mass is 380 g/mol. The normalized spacial score (nSPS) is 12.9. The van der Waals surface area contributed by atoms with E-state index in [9.17, 15) is 24.8 Å². The fourth-order valence-electron chi connectivity index (χ4n) is 2.57. The Kier molecular flexibility index (Phi) is 5.70. The van der Waals surface area contributed by atoms with Crippen LogP contribution in [0.25, 0.3) is 11.0 Å². The number of fused-ring (bicyclic) bond motifs is 1. The average Bonchev–Trinajstić information content (AvgIpc) is 2.64. The number of hydrogen-bond acceptors (Lipinski definition) is 9. The van der Waals surface area contributed by atoms with Crippen LogP contribution < -0.4 is 14.8 Å². The molecule has 0 fully saturated rings. The van der Waals surface area contributed by atoms with E-state index in [4.69, 9.17) is 14.2 Å². The van der Waals surface area contributed by atoms with Gasteiger partial charge in [0.25, 0.3) is 17.4 Å². The summed E-state index contributed by atoms with van der Waals surface area (Å²) in [5.74, 6) is -1.38. The van der Waals surface area contributed by atoms with E-state index in [1.54, 1.807) is 0 Å². The molecule has 2 rings (SSSR count). The van der Waals surface area contributed by atoms with Crippen LogP contribution in [0.4, 0.5) is 5.69 Å². The lowest BCUT2D eigenvalue weighted by Gasteiger charge is -2.31. The van der Waals surface area contributed by atoms with Gasteiger partial charge in [0.05, 0.1) is 25.6 Å². The molecule has 27 heavy (non-hydrogen) atoms. The van der Waals surface area contributed by atoms with Crippen molar-refractivity contribution in [3.8, 4) is 11.8 Å². The number of hydrogen-bond donors (Lipinski definition) is 2. The van der Waals surface area contributed by atoms with Gasteiger partial charge in [0.1, 0.15) is 11.0 Å². The van der Waals surface area contributed by atoms with Gasteiger partial charge in [-0.2, -0.15) is 0 Å². The molecule has 1 amide bonds. The number of carboxylic acid groups (broad SMARTS) is 1. The highest BCUT2D eigenvalue weighted by molar-refractivity contribution is 5.84. The molecule has 2 aromatic rings. The highest BCUT2D eigenvalue weighted by Gasteiger charge is 2.39. The smallest absolute Gasteiger partial charge is 0.308 e. The Morgan fingerprint density at radius 2 is 1.93 bits per heavy atom. The molecule has 1 heterocycles. The Morgan fingerprint density at radius 1 is 1.30 bits per heavy atom. The number of non-ortho nitro benzene ring substituents is 1. The number of carbonyl (C=O) groups excluding carboxylic acids is 1. The molecule has 2 N–H and O–H groups in total. The summed E-state index contributed by atoms with van der Waals surface area (Å²) in [5, 5.41) is 22.8. The zero-order chi connectivity index (χ0) is 20.2. The maximum absolute atomic E-state index is 11.3. The van der Waals surface area contributed by atoms with Gasteiger partial charge >= 0.3 is 5.97 Å². The van der Waals surface area contributed by atoms with Crippen LogP contribution in [0.3, 0.4) is 0 Å². The van der Waals surface area contributed by atoms with Crippen LogP contribution in [-0.2, 0) is 20.1 Å². The van der Waals surface area contributed by atoms with E-state index >= 15 is 0 Å². The first-order valence-corrected chi connectivity index (χ1v) is 7.38. The Bertz CT molecular complexity index is 903. The quantitative estimate of drug-likeness (QED) is 0.272. The minimum Gasteiger partial charge on any atom is -0.481 e. The summed E-state index contributed by atoms with van der Waals surface area (Å²) < 4.78 is 15.4. The first kappa shape index (κ1) is 19.8. The lowest BCUT2D eigenvalue weighted by Crippen LogP contribution is -2.45. The first-order valence-electron chi connectivity index (χ1n) is 7.38. The fraction of sp³-hybridized carbons (Fsp3) is 0.333. The van der Waals surface area contributed by atoms with E-state index in [-0.39, 0.29) is 34.8 Å². The molecule has 0 bridgehead atoms. The Morgan fingerprint density at radius 3 is 2.41 bits per heavy atom. The molecule has 12 nitrogen and oxygen atoms in total. The topological polar surface area (TPSA) is 163 Å². The van der Waals surface area contributed by atoms with Crippen LogP contribution in [0.5, 0.6) is 11.8 Å². The summed E-state index contributed by atoms with van der Waals surface area (Å²) in [4.78, 5) is 41.4. The molecule has 1 aromatic heterocycles. The third-order valence-corrected chi connectivity index (χ3v) is 3.77. The van der Waals surface area contributed by atoms with Crippen molar-refractivity contribution in [1.82, 2.24) is 15.3 Å². The van der Waals surface area contributed by atoms with Gasteiger partial charge in [-0.25, -0.2) is 9.97 Å². The molecule has 12 heteroatoms. The van der Waals surface area contributed by atoms with Crippen LogP contribution in [0, 0.1) is 10.1 Å². The number of rotatable bonds is 9. The molecule has 0 aliphatic carbocycles. The molecule has 1 unspecified atom stereocenters. The van der Waals surface area contributed by atoms with Crippen LogP contribution in [0.1, 0.15) is 12.0 Å². The summed E-state index contributed by atoms with van der Waals surface area (Å²) in [6.45, 7) is 0. The second-order valence-electron chi connectivity index (χ2n) is 5.22. The first-order chi connectivity index (χ1) is 12.8. The number of benzene rings is 1. The minimum absolute atomic E-state index is 0.0244. The van der Waals surface area contributed by atoms with Crippen molar-refractivity contribution in [2.45, 2.75) is 12.1 Å². The fourth-order valence-corrected chi connectivity index (χ4v) is 2.57. The summed E-state index contributed by atoms with van der Waals surface area (Å²) in [5.41, 5.74) is -2.34. The largest absolute Gasteiger partial charge is 0.481 e. The number of aliphatic carboxylic acids is 1. The SMILES string of the molecule is COc1nc2cc([N+](=O)[O-])cc(C(CC(=O)O)(NC=O)OC)c2nc1OC. The van der Waals surface area contributed by atoms with E-state index in [1.807, 2.05) is 0 Å². The van der Waals surface area contributed by atoms with E-state index in [0.29, 0.717) is 0 Å². The highest BCUT2D eigenvalue weighted by atomic mass is 16.6. The van der Waals surface area contributed by atoms with Crippen molar-refractivity contribution < 1.29 is 33.8 Å². The van der Waals surface area contributed by atoms with Crippen LogP contribution >= 0.6 is 0 Å². The molecule has 0 saturated heterocycles. The van der Waals surface area contributed by atoms with Crippen molar-refractivity contribution in [3.05, 3.63) is 27.8 Å². The molecular weight excluding hydrogens is 364 g/mol. The number of methoxy groups -OCH3 is 3. The van der Waals surface area contributed by atoms with E-state index in [0.717, 1.165) is 19.2 Å². The van der Waals surface area contributed by atoms with Gasteiger partial charge in [-0.05, 0) is 0 Å². The number of carbonyl (C=O) groups is 2. The van der Waals surface area contributed by atoms with Gasteiger partial charge < -0.3 is 24.6 Å². The summed E-state index contributed by atoms with van der Waals surface area (Å²) in [6.07, 6.45) is -0.500. The van der Waals surface area contributed by atoms with Crippen molar-refractivity contribution >= 4 is 29.1 Å². The van der Waals surface area contributed by atoms with Gasteiger partial charge in [0.2, 0.25) is 6.41 Å². The maximum Gasteiger partial charge on any atom is 0.308 e. The highest BCUT2D eigenvalue weighted by Crippen LogP contribution is 2.36. The summed E-state index contributed by atoms with van der Waals surface area (Å²) >= 11 is 0. The number of aromatic nitrogens is 2. The summed E-state index contributed by atoms with van der Waals surface area (Å²) in [6, 6.07) is 2.20. The van der Waals surface area contributed by atoms with Gasteiger partial charge in [0, 0.05) is 24.8 Å². The van der Waals surface area contributed by atoms with Gasteiger partial charge in [0.15, 0.2) is 5.72 Å². The number of nitro benzene ring substituents is 1. The molecule has 1 aromatic carbocycles. The molecule has 0 aliphatic heterocycles. The second-order valence-corrected chi connectivity index (χ2v) is 5.22. The van der Waals surface area contributed by atoms with Gasteiger partial charge in [-0.1, -0.05) is 0 Å². The van der Waals surface area contributed by atoms with Crippen LogP contribution in [0.15, 0.2) is 12.1 Å². The number of nitro groups is 1. The predicted octanol–water partition coefficient (Wildman–Crippen LogP) is 0.575. The number of nitrogens with one attached hydrogen (secondary N) is 1. The average molecular weight is 380 g/mol. The van der Waals surface area contributed by atoms with Gasteiger partial charge in [-0.3, -0.25) is 19.7 Å². The molecule has 0 aliphatic rings. The maximum atomic E-state index is 11.3. The third kappa shape index (κ3) is 3.69. The zero-order valence-electron chi connectivity index (χ0n) is 14.6. The second kappa shape index (κ2) is 7.78. The molecule has 144 valence electrons. The van der Waals surface area contributed by atoms with E-state index in [2.05, 4.69) is 15.3 Å². The number of carboxylic acids is 1. The van der Waals surface area contributed by atoms with E-state index in [1.165, 1.54) is 14.2 Å². The molecule has 0 spiro atoms.